The van der Waals surface area contributed by atoms with Crippen molar-refractivity contribution in [1.82, 2.24) is 4.98 Å². The second kappa shape index (κ2) is 6.11. The molecule has 0 spiro atoms. The summed E-state index contributed by atoms with van der Waals surface area (Å²) in [5.74, 6) is -0.343. The van der Waals surface area contributed by atoms with Gasteiger partial charge in [-0.1, -0.05) is 36.8 Å². The summed E-state index contributed by atoms with van der Waals surface area (Å²) in [6.07, 6.45) is 1.35. The van der Waals surface area contributed by atoms with Crippen LogP contribution in [0.2, 0.25) is 4.47 Å². The van der Waals surface area contributed by atoms with Crippen molar-refractivity contribution in [2.75, 3.05) is 6.61 Å². The predicted octanol–water partition coefficient (Wildman–Crippen LogP) is 2.00. The van der Waals surface area contributed by atoms with Gasteiger partial charge in [-0.05, 0) is 0 Å². The monoisotopic (exact) mass is 207 g/mol. The lowest BCUT2D eigenvalue weighted by Crippen LogP contribution is -2.00. The van der Waals surface area contributed by atoms with E-state index in [2.05, 4.69) is 4.98 Å². The second-order valence-electron chi connectivity index (χ2n) is 1.56. The highest BCUT2D eigenvalue weighted by Gasteiger charge is 2.06. The Balaban J connectivity index is 0.000000561. The number of carbonyl (C=O) groups excluding carboxylic acids is 1. The molecule has 5 heteroatoms. The van der Waals surface area contributed by atoms with Crippen molar-refractivity contribution >= 4 is 28.7 Å². The number of hydrogen-bond acceptors (Lipinski definition) is 4. The molecule has 0 unspecified atom stereocenters. The van der Waals surface area contributed by atoms with E-state index in [1.165, 1.54) is 6.20 Å². The van der Waals surface area contributed by atoms with E-state index in [9.17, 15) is 4.79 Å². The normalized spacial score (nSPS) is 8.67. The molecule has 0 fully saturated rings. The minimum Gasteiger partial charge on any atom is -0.388 e. The van der Waals surface area contributed by atoms with Gasteiger partial charge in [0.05, 0.1) is 11.1 Å². The van der Waals surface area contributed by atoms with E-state index >= 15 is 0 Å². The number of ketones is 1. The number of thiazole rings is 1. The van der Waals surface area contributed by atoms with Crippen molar-refractivity contribution in [3.8, 4) is 0 Å². The van der Waals surface area contributed by atoms with Crippen LogP contribution in [-0.2, 0) is 0 Å². The third-order valence-electron chi connectivity index (χ3n) is 0.896. The molecule has 0 aliphatic carbocycles. The highest BCUT2D eigenvalue weighted by atomic mass is 35.5. The third-order valence-corrected chi connectivity index (χ3v) is 2.05. The average Bonchev–Trinajstić information content (AvgIpc) is 2.54. The fourth-order valence-electron chi connectivity index (χ4n) is 0.460. The van der Waals surface area contributed by atoms with Gasteiger partial charge in [0.25, 0.3) is 0 Å². The first-order valence-corrected chi connectivity index (χ1v) is 4.69. The molecule has 0 saturated carbocycles. The van der Waals surface area contributed by atoms with Crippen LogP contribution in [0.15, 0.2) is 6.20 Å². The molecule has 0 radical (unpaired) electrons. The molecular weight excluding hydrogens is 198 g/mol. The van der Waals surface area contributed by atoms with Gasteiger partial charge in [0.1, 0.15) is 6.61 Å². The molecule has 0 amide bonds. The summed E-state index contributed by atoms with van der Waals surface area (Å²) in [5.41, 5.74) is 0. The molecule has 0 aliphatic heterocycles. The first-order chi connectivity index (χ1) is 5.74. The molecule has 1 heterocycles. The van der Waals surface area contributed by atoms with E-state index in [4.69, 9.17) is 16.7 Å². The number of aliphatic hydroxyl groups is 1. The van der Waals surface area contributed by atoms with Crippen molar-refractivity contribution in [3.63, 3.8) is 0 Å². The molecule has 1 N–H and O–H groups in total. The van der Waals surface area contributed by atoms with E-state index in [1.807, 2.05) is 13.8 Å². The second-order valence-corrected chi connectivity index (χ2v) is 3.17. The SMILES string of the molecule is CC.O=C(CO)c1cnc(Cl)s1. The number of Topliss-reactive ketones (excluding diaryl/α,β-unsaturated/α-hetero) is 1. The summed E-state index contributed by atoms with van der Waals surface area (Å²) in [4.78, 5) is 14.7. The maximum Gasteiger partial charge on any atom is 0.199 e. The first-order valence-electron chi connectivity index (χ1n) is 3.49. The zero-order chi connectivity index (χ0) is 9.56. The van der Waals surface area contributed by atoms with E-state index in [1.54, 1.807) is 0 Å². The lowest BCUT2D eigenvalue weighted by atomic mass is 10.4. The van der Waals surface area contributed by atoms with Gasteiger partial charge in [-0.15, -0.1) is 0 Å². The topological polar surface area (TPSA) is 50.2 Å². The molecule has 0 bridgehead atoms. The van der Waals surface area contributed by atoms with Crippen molar-refractivity contribution in [3.05, 3.63) is 15.5 Å². The molecule has 3 nitrogen and oxygen atoms in total. The lowest BCUT2D eigenvalue weighted by molar-refractivity contribution is 0.0907. The van der Waals surface area contributed by atoms with Crippen LogP contribution in [0.4, 0.5) is 0 Å². The molecule has 0 aromatic carbocycles. The molecule has 68 valence electrons. The summed E-state index contributed by atoms with van der Waals surface area (Å²) in [5, 5.41) is 8.38. The van der Waals surface area contributed by atoms with Crippen LogP contribution in [0.3, 0.4) is 0 Å². The largest absolute Gasteiger partial charge is 0.388 e. The summed E-state index contributed by atoms with van der Waals surface area (Å²) in [7, 11) is 0. The predicted molar refractivity (Wildman–Crippen MR) is 49.9 cm³/mol. The molecule has 0 atom stereocenters. The van der Waals surface area contributed by atoms with Crippen LogP contribution < -0.4 is 0 Å². The molecule has 0 saturated heterocycles. The Kier molecular flexibility index (Phi) is 5.88. The summed E-state index contributed by atoms with van der Waals surface area (Å²) >= 11 is 6.50. The Morgan fingerprint density at radius 3 is 2.67 bits per heavy atom. The van der Waals surface area contributed by atoms with Crippen LogP contribution in [0.25, 0.3) is 0 Å². The van der Waals surface area contributed by atoms with Crippen LogP contribution in [-0.4, -0.2) is 22.5 Å². The van der Waals surface area contributed by atoms with Gasteiger partial charge >= 0.3 is 0 Å². The Bertz CT molecular complexity index is 249. The van der Waals surface area contributed by atoms with Gasteiger partial charge in [-0.25, -0.2) is 4.98 Å². The summed E-state index contributed by atoms with van der Waals surface area (Å²) in [6.45, 7) is 3.51. The fraction of sp³-hybridized carbons (Fsp3) is 0.429. The lowest BCUT2D eigenvalue weighted by Gasteiger charge is -1.85. The van der Waals surface area contributed by atoms with Crippen LogP contribution in [0, 0.1) is 0 Å². The Hall–Kier alpha value is -0.450. The van der Waals surface area contributed by atoms with Crippen LogP contribution in [0.5, 0.6) is 0 Å². The minimum absolute atomic E-state index is 0.316. The van der Waals surface area contributed by atoms with Gasteiger partial charge in [0.15, 0.2) is 10.3 Å². The number of rotatable bonds is 2. The number of nitrogens with zero attached hydrogens (tertiary/aromatic N) is 1. The van der Waals surface area contributed by atoms with E-state index in [0.717, 1.165) is 11.3 Å². The van der Waals surface area contributed by atoms with Crippen LogP contribution in [0.1, 0.15) is 23.5 Å². The highest BCUT2D eigenvalue weighted by Crippen LogP contribution is 2.17. The quantitative estimate of drug-likeness (QED) is 0.755. The standard InChI is InChI=1S/C5H4ClNO2S.C2H6/c6-5-7-1-4(10-5)3(9)2-8;1-2/h1,8H,2H2;1-2H3. The van der Waals surface area contributed by atoms with Crippen molar-refractivity contribution < 1.29 is 9.90 Å². The number of hydrogen-bond donors (Lipinski definition) is 1. The Morgan fingerprint density at radius 1 is 1.75 bits per heavy atom. The Labute approximate surface area is 80.0 Å². The van der Waals surface area contributed by atoms with Gasteiger partial charge < -0.3 is 5.11 Å². The highest BCUT2D eigenvalue weighted by molar-refractivity contribution is 7.17. The van der Waals surface area contributed by atoms with Crippen molar-refractivity contribution in [1.29, 1.82) is 0 Å². The zero-order valence-electron chi connectivity index (χ0n) is 6.87. The first kappa shape index (κ1) is 11.6. The molecule has 1 aromatic rings. The summed E-state index contributed by atoms with van der Waals surface area (Å²) < 4.78 is 0.316. The van der Waals surface area contributed by atoms with Crippen molar-refractivity contribution in [2.45, 2.75) is 13.8 Å². The van der Waals surface area contributed by atoms with Crippen LogP contribution >= 0.6 is 22.9 Å². The molecule has 1 rings (SSSR count). The van der Waals surface area contributed by atoms with E-state index in [0.29, 0.717) is 9.34 Å². The number of carbonyl (C=O) groups is 1. The number of aliphatic hydroxyl groups excluding tert-OH is 1. The minimum atomic E-state index is -0.488. The molecule has 1 aromatic heterocycles. The Morgan fingerprint density at radius 2 is 2.33 bits per heavy atom. The fourth-order valence-corrected chi connectivity index (χ4v) is 1.33. The van der Waals surface area contributed by atoms with Gasteiger partial charge in [0, 0.05) is 0 Å². The summed E-state index contributed by atoms with van der Waals surface area (Å²) in [6, 6.07) is 0. The third kappa shape index (κ3) is 3.30. The molecular formula is C7H10ClNO2S. The number of halogens is 1. The zero-order valence-corrected chi connectivity index (χ0v) is 8.45. The molecule has 12 heavy (non-hydrogen) atoms. The van der Waals surface area contributed by atoms with E-state index < -0.39 is 6.61 Å². The molecule has 0 aliphatic rings. The van der Waals surface area contributed by atoms with Gasteiger partial charge in [0.2, 0.25) is 0 Å². The van der Waals surface area contributed by atoms with Gasteiger partial charge in [-0.2, -0.15) is 0 Å². The van der Waals surface area contributed by atoms with E-state index in [-0.39, 0.29) is 5.78 Å². The average molecular weight is 208 g/mol. The van der Waals surface area contributed by atoms with Gasteiger partial charge in [-0.3, -0.25) is 4.79 Å². The number of aromatic nitrogens is 1. The van der Waals surface area contributed by atoms with Crippen molar-refractivity contribution in [2.24, 2.45) is 0 Å². The maximum absolute atomic E-state index is 10.7. The maximum atomic E-state index is 10.7. The smallest absolute Gasteiger partial charge is 0.199 e.